The molecular formula is C24H31NO5. The molecule has 0 saturated heterocycles. The first-order valence-electron chi connectivity index (χ1n) is 10.5. The van der Waals surface area contributed by atoms with Crippen LogP contribution >= 0.6 is 0 Å². The summed E-state index contributed by atoms with van der Waals surface area (Å²) in [4.78, 5) is 31.1. The lowest BCUT2D eigenvalue weighted by atomic mass is 9.63. The average molecular weight is 414 g/mol. The molecule has 1 unspecified atom stereocenters. The predicted molar refractivity (Wildman–Crippen MR) is 115 cm³/mol. The minimum absolute atomic E-state index is 0.107. The highest BCUT2D eigenvalue weighted by molar-refractivity contribution is 6.12. The van der Waals surface area contributed by atoms with Gasteiger partial charge in [-0.25, -0.2) is 4.79 Å². The molecule has 0 radical (unpaired) electrons. The van der Waals surface area contributed by atoms with Gasteiger partial charge in [-0.05, 0) is 31.7 Å². The molecule has 1 fully saturated rings. The van der Waals surface area contributed by atoms with Crippen molar-refractivity contribution >= 4 is 17.5 Å². The van der Waals surface area contributed by atoms with Crippen LogP contribution in [-0.2, 0) is 19.1 Å². The number of hydrogen-bond donors (Lipinski definition) is 0. The fraction of sp³-hybridized carbons (Fsp3) is 0.542. The Labute approximate surface area is 178 Å². The third-order valence-corrected chi connectivity index (χ3v) is 5.66. The van der Waals surface area contributed by atoms with E-state index in [9.17, 15) is 9.59 Å². The lowest BCUT2D eigenvalue weighted by Gasteiger charge is -2.41. The standard InChI is InChI=1S/C24H31NO5/c1-6-29-19-10-8-7-9-16(19)21-20(23(27)30-12-11-28-5)15(2)25-17-13-24(3,4)14-18(26)22(17)21/h7-10,21-22H,6,11-14H2,1-5H3/t21-,22?/m1/s1. The van der Waals surface area contributed by atoms with E-state index in [1.165, 1.54) is 0 Å². The summed E-state index contributed by atoms with van der Waals surface area (Å²) in [6.45, 7) is 8.85. The average Bonchev–Trinajstić information content (AvgIpc) is 2.66. The molecule has 2 aliphatic rings. The molecule has 3 rings (SSSR count). The predicted octanol–water partition coefficient (Wildman–Crippen LogP) is 4.09. The minimum Gasteiger partial charge on any atom is -0.494 e. The molecule has 0 aromatic heterocycles. The van der Waals surface area contributed by atoms with Crippen molar-refractivity contribution in [1.82, 2.24) is 0 Å². The van der Waals surface area contributed by atoms with Crippen LogP contribution in [0, 0.1) is 11.3 Å². The first-order chi connectivity index (χ1) is 14.3. The normalized spacial score (nSPS) is 23.0. The SMILES string of the molecule is CCOc1ccccc1[C@@H]1C(C(=O)OCCOC)=C(C)N=C2CC(C)(C)CC(=O)C21. The lowest BCUT2D eigenvalue weighted by Crippen LogP contribution is -2.44. The van der Waals surface area contributed by atoms with E-state index in [2.05, 4.69) is 13.8 Å². The molecule has 6 heteroatoms. The number of nitrogens with zero attached hydrogens (tertiary/aromatic N) is 1. The molecule has 0 amide bonds. The van der Waals surface area contributed by atoms with Gasteiger partial charge in [0.05, 0.1) is 24.7 Å². The third kappa shape index (κ3) is 4.48. The summed E-state index contributed by atoms with van der Waals surface area (Å²) in [7, 11) is 1.55. The molecule has 0 bridgehead atoms. The maximum atomic E-state index is 13.3. The number of rotatable bonds is 7. The number of fused-ring (bicyclic) bond motifs is 1. The molecule has 162 valence electrons. The number of esters is 1. The number of ketones is 1. The number of allylic oxidation sites excluding steroid dienone is 1. The van der Waals surface area contributed by atoms with Crippen molar-refractivity contribution in [1.29, 1.82) is 0 Å². The second kappa shape index (κ2) is 9.13. The van der Waals surface area contributed by atoms with E-state index in [1.54, 1.807) is 7.11 Å². The molecule has 30 heavy (non-hydrogen) atoms. The molecule has 1 aliphatic carbocycles. The molecule has 0 spiro atoms. The van der Waals surface area contributed by atoms with E-state index < -0.39 is 17.8 Å². The van der Waals surface area contributed by atoms with Gasteiger partial charge in [-0.1, -0.05) is 32.0 Å². The van der Waals surface area contributed by atoms with Crippen molar-refractivity contribution in [3.63, 3.8) is 0 Å². The van der Waals surface area contributed by atoms with Crippen molar-refractivity contribution in [3.8, 4) is 5.75 Å². The maximum Gasteiger partial charge on any atom is 0.336 e. The maximum absolute atomic E-state index is 13.3. The Morgan fingerprint density at radius 1 is 1.17 bits per heavy atom. The summed E-state index contributed by atoms with van der Waals surface area (Å²) in [5.74, 6) is -0.622. The van der Waals surface area contributed by atoms with Crippen molar-refractivity contribution in [2.24, 2.45) is 16.3 Å². The van der Waals surface area contributed by atoms with Crippen LogP contribution in [0.4, 0.5) is 0 Å². The Kier molecular flexibility index (Phi) is 6.76. The number of carbonyl (C=O) groups is 2. The Hall–Kier alpha value is -2.47. The first kappa shape index (κ1) is 22.2. The summed E-state index contributed by atoms with van der Waals surface area (Å²) in [6.07, 6.45) is 1.18. The molecule has 1 aliphatic heterocycles. The van der Waals surface area contributed by atoms with E-state index in [1.807, 2.05) is 38.1 Å². The first-order valence-corrected chi connectivity index (χ1v) is 10.5. The summed E-state index contributed by atoms with van der Waals surface area (Å²) in [6, 6.07) is 7.61. The number of carbonyl (C=O) groups excluding carboxylic acids is 2. The van der Waals surface area contributed by atoms with Gasteiger partial charge in [-0.3, -0.25) is 9.79 Å². The smallest absolute Gasteiger partial charge is 0.336 e. The summed E-state index contributed by atoms with van der Waals surface area (Å²) in [5.41, 5.74) is 2.56. The van der Waals surface area contributed by atoms with Crippen LogP contribution in [0.5, 0.6) is 5.75 Å². The van der Waals surface area contributed by atoms with Crippen molar-refractivity contribution in [2.45, 2.75) is 46.5 Å². The highest BCUT2D eigenvalue weighted by Gasteiger charge is 2.48. The van der Waals surface area contributed by atoms with Crippen LogP contribution in [0.15, 0.2) is 40.5 Å². The van der Waals surface area contributed by atoms with Gasteiger partial charge in [0.15, 0.2) is 0 Å². The Balaban J connectivity index is 2.13. The fourth-order valence-corrected chi connectivity index (χ4v) is 4.51. The monoisotopic (exact) mass is 413 g/mol. The molecular weight excluding hydrogens is 382 g/mol. The Morgan fingerprint density at radius 2 is 1.90 bits per heavy atom. The van der Waals surface area contributed by atoms with Crippen LogP contribution in [0.1, 0.15) is 52.0 Å². The van der Waals surface area contributed by atoms with E-state index >= 15 is 0 Å². The Morgan fingerprint density at radius 3 is 2.60 bits per heavy atom. The number of para-hydroxylation sites is 1. The van der Waals surface area contributed by atoms with Gasteiger partial charge in [0, 0.05) is 36.4 Å². The number of ether oxygens (including phenoxy) is 3. The van der Waals surface area contributed by atoms with E-state index in [-0.39, 0.29) is 17.8 Å². The number of benzene rings is 1. The minimum atomic E-state index is -0.478. The zero-order chi connectivity index (χ0) is 21.9. The molecule has 1 heterocycles. The van der Waals surface area contributed by atoms with Crippen LogP contribution in [-0.4, -0.2) is 44.4 Å². The van der Waals surface area contributed by atoms with Gasteiger partial charge in [-0.2, -0.15) is 0 Å². The quantitative estimate of drug-likeness (QED) is 0.497. The van der Waals surface area contributed by atoms with Gasteiger partial charge in [0.1, 0.15) is 18.1 Å². The largest absolute Gasteiger partial charge is 0.494 e. The third-order valence-electron chi connectivity index (χ3n) is 5.66. The van der Waals surface area contributed by atoms with E-state index in [0.29, 0.717) is 36.7 Å². The summed E-state index contributed by atoms with van der Waals surface area (Å²) in [5, 5.41) is 0. The highest BCUT2D eigenvalue weighted by atomic mass is 16.6. The van der Waals surface area contributed by atoms with E-state index in [4.69, 9.17) is 19.2 Å². The zero-order valence-corrected chi connectivity index (χ0v) is 18.5. The number of aliphatic imine (C=N–C) groups is 1. The van der Waals surface area contributed by atoms with Crippen LogP contribution in [0.25, 0.3) is 0 Å². The highest BCUT2D eigenvalue weighted by Crippen LogP contribution is 2.48. The molecule has 1 aromatic rings. The number of Topliss-reactive ketones (excluding diaryl/α,β-unsaturated/α-hetero) is 1. The fourth-order valence-electron chi connectivity index (χ4n) is 4.51. The molecule has 1 saturated carbocycles. The summed E-state index contributed by atoms with van der Waals surface area (Å²) < 4.78 is 16.3. The topological polar surface area (TPSA) is 74.2 Å². The summed E-state index contributed by atoms with van der Waals surface area (Å²) >= 11 is 0. The number of hydrogen-bond acceptors (Lipinski definition) is 6. The number of methoxy groups -OCH3 is 1. The van der Waals surface area contributed by atoms with E-state index in [0.717, 1.165) is 17.7 Å². The zero-order valence-electron chi connectivity index (χ0n) is 18.5. The van der Waals surface area contributed by atoms with Crippen molar-refractivity contribution < 1.29 is 23.8 Å². The molecule has 0 N–H and O–H groups in total. The van der Waals surface area contributed by atoms with Crippen LogP contribution in [0.3, 0.4) is 0 Å². The molecule has 1 aromatic carbocycles. The molecule has 2 atom stereocenters. The second-order valence-electron chi connectivity index (χ2n) is 8.64. The Bertz CT molecular complexity index is 883. The van der Waals surface area contributed by atoms with Gasteiger partial charge in [-0.15, -0.1) is 0 Å². The van der Waals surface area contributed by atoms with Gasteiger partial charge < -0.3 is 14.2 Å². The van der Waals surface area contributed by atoms with Crippen molar-refractivity contribution in [2.75, 3.05) is 26.9 Å². The van der Waals surface area contributed by atoms with Crippen LogP contribution in [0.2, 0.25) is 0 Å². The van der Waals surface area contributed by atoms with Crippen molar-refractivity contribution in [3.05, 3.63) is 41.1 Å². The van der Waals surface area contributed by atoms with Gasteiger partial charge in [0.25, 0.3) is 0 Å². The molecule has 6 nitrogen and oxygen atoms in total. The lowest BCUT2D eigenvalue weighted by molar-refractivity contribution is -0.140. The van der Waals surface area contributed by atoms with Crippen LogP contribution < -0.4 is 4.74 Å². The van der Waals surface area contributed by atoms with Gasteiger partial charge >= 0.3 is 5.97 Å². The van der Waals surface area contributed by atoms with Gasteiger partial charge in [0.2, 0.25) is 0 Å². The second-order valence-corrected chi connectivity index (χ2v) is 8.64.